The molecule has 7 nitrogen and oxygen atoms in total. The number of nitrogens with zero attached hydrogens (tertiary/aromatic N) is 3. The first-order valence-electron chi connectivity index (χ1n) is 9.42. The molecule has 0 saturated carbocycles. The largest absolute Gasteiger partial charge is 0.366 e. The van der Waals surface area contributed by atoms with Gasteiger partial charge in [0, 0.05) is 39.8 Å². The number of hydrogen-bond donors (Lipinski definition) is 2. The molecule has 156 valence electrons. The van der Waals surface area contributed by atoms with Gasteiger partial charge in [0.05, 0.1) is 10.6 Å². The Balaban J connectivity index is 1.56. The Bertz CT molecular complexity index is 955. The molecule has 0 unspecified atom stereocenters. The number of benzene rings is 2. The van der Waals surface area contributed by atoms with E-state index in [1.165, 1.54) is 13.1 Å². The van der Waals surface area contributed by atoms with Crippen molar-refractivity contribution in [1.29, 1.82) is 0 Å². The van der Waals surface area contributed by atoms with Crippen molar-refractivity contribution in [3.8, 4) is 0 Å². The van der Waals surface area contributed by atoms with Crippen LogP contribution < -0.4 is 14.9 Å². The van der Waals surface area contributed by atoms with E-state index in [1.807, 2.05) is 11.0 Å². The highest BCUT2D eigenvalue weighted by atomic mass is 32.2. The van der Waals surface area contributed by atoms with Crippen LogP contribution in [0, 0.1) is 5.82 Å². The molecule has 2 N–H and O–H groups in total. The van der Waals surface area contributed by atoms with Crippen LogP contribution in [0.2, 0.25) is 0 Å². The highest BCUT2D eigenvalue weighted by Gasteiger charge is 2.21. The molecule has 0 radical (unpaired) electrons. The first kappa shape index (κ1) is 21.1. The molecule has 0 aliphatic carbocycles. The van der Waals surface area contributed by atoms with Crippen molar-refractivity contribution in [3.63, 3.8) is 0 Å². The van der Waals surface area contributed by atoms with Crippen LogP contribution in [-0.4, -0.2) is 59.6 Å². The average Bonchev–Trinajstić information content (AvgIpc) is 2.75. The number of aliphatic imine (C=N–C) groups is 1. The first-order valence-corrected chi connectivity index (χ1v) is 10.9. The number of nitrogens with one attached hydrogen (secondary N) is 2. The Hall–Kier alpha value is -2.65. The van der Waals surface area contributed by atoms with Crippen molar-refractivity contribution >= 4 is 21.7 Å². The van der Waals surface area contributed by atoms with E-state index < -0.39 is 10.0 Å². The second-order valence-electron chi connectivity index (χ2n) is 6.68. The summed E-state index contributed by atoms with van der Waals surface area (Å²) in [5, 5.41) is 3.31. The zero-order valence-corrected chi connectivity index (χ0v) is 17.4. The lowest BCUT2D eigenvalue weighted by molar-refractivity contribution is 0.370. The lowest BCUT2D eigenvalue weighted by Crippen LogP contribution is -2.52. The minimum absolute atomic E-state index is 0.202. The van der Waals surface area contributed by atoms with E-state index in [1.54, 1.807) is 43.4 Å². The predicted molar refractivity (Wildman–Crippen MR) is 113 cm³/mol. The molecule has 0 spiro atoms. The fourth-order valence-electron chi connectivity index (χ4n) is 3.29. The van der Waals surface area contributed by atoms with Gasteiger partial charge in [-0.25, -0.2) is 17.5 Å². The minimum Gasteiger partial charge on any atom is -0.366 e. The van der Waals surface area contributed by atoms with Gasteiger partial charge in [-0.1, -0.05) is 24.3 Å². The van der Waals surface area contributed by atoms with E-state index in [9.17, 15) is 12.8 Å². The summed E-state index contributed by atoms with van der Waals surface area (Å²) in [6.45, 7) is 3.40. The van der Waals surface area contributed by atoms with Gasteiger partial charge in [-0.2, -0.15) is 0 Å². The summed E-state index contributed by atoms with van der Waals surface area (Å²) in [6, 6.07) is 13.5. The Morgan fingerprint density at radius 1 is 1.07 bits per heavy atom. The Kier molecular flexibility index (Phi) is 6.71. The highest BCUT2D eigenvalue weighted by Crippen LogP contribution is 2.20. The predicted octanol–water partition coefficient (Wildman–Crippen LogP) is 1.63. The molecule has 0 atom stereocenters. The molecule has 1 aliphatic rings. The molecule has 1 heterocycles. The molecule has 1 fully saturated rings. The average molecular weight is 420 g/mol. The van der Waals surface area contributed by atoms with E-state index in [-0.39, 0.29) is 10.7 Å². The maximum atomic E-state index is 14.0. The van der Waals surface area contributed by atoms with Crippen molar-refractivity contribution in [2.45, 2.75) is 11.4 Å². The van der Waals surface area contributed by atoms with Crippen molar-refractivity contribution in [2.24, 2.45) is 4.99 Å². The number of rotatable bonds is 5. The van der Waals surface area contributed by atoms with Crippen molar-refractivity contribution in [2.75, 3.05) is 45.2 Å². The molecular weight excluding hydrogens is 393 g/mol. The van der Waals surface area contributed by atoms with Gasteiger partial charge in [-0.05, 0) is 36.9 Å². The molecule has 2 aromatic rings. The fraction of sp³-hybridized carbons (Fsp3) is 0.350. The third-order valence-corrected chi connectivity index (χ3v) is 6.37. The summed E-state index contributed by atoms with van der Waals surface area (Å²) < 4.78 is 39.9. The second kappa shape index (κ2) is 9.23. The van der Waals surface area contributed by atoms with Gasteiger partial charge >= 0.3 is 0 Å². The SMILES string of the molecule is CN=C(NCc1ccc(S(=O)(=O)NC)cc1)N1CCN(c2ccccc2F)CC1. The lowest BCUT2D eigenvalue weighted by atomic mass is 10.2. The van der Waals surface area contributed by atoms with Crippen LogP contribution in [-0.2, 0) is 16.6 Å². The Morgan fingerprint density at radius 3 is 2.31 bits per heavy atom. The van der Waals surface area contributed by atoms with E-state index in [0.717, 1.165) is 24.6 Å². The molecule has 3 rings (SSSR count). The van der Waals surface area contributed by atoms with Crippen LogP contribution in [0.5, 0.6) is 0 Å². The maximum Gasteiger partial charge on any atom is 0.240 e. The zero-order valence-electron chi connectivity index (χ0n) is 16.6. The van der Waals surface area contributed by atoms with Gasteiger partial charge in [0.2, 0.25) is 10.0 Å². The van der Waals surface area contributed by atoms with E-state index in [2.05, 4.69) is 19.9 Å². The standard InChI is InChI=1S/C20H26FN5O2S/c1-22-20(24-15-16-7-9-17(10-8-16)29(27,28)23-2)26-13-11-25(12-14-26)19-6-4-3-5-18(19)21/h3-10,23H,11-15H2,1-2H3,(H,22,24). The van der Waals surface area contributed by atoms with Crippen LogP contribution in [0.1, 0.15) is 5.56 Å². The van der Waals surface area contributed by atoms with Crippen LogP contribution in [0.3, 0.4) is 0 Å². The highest BCUT2D eigenvalue weighted by molar-refractivity contribution is 7.89. The first-order chi connectivity index (χ1) is 13.9. The lowest BCUT2D eigenvalue weighted by Gasteiger charge is -2.37. The molecular formula is C20H26FN5O2S. The quantitative estimate of drug-likeness (QED) is 0.569. The fourth-order valence-corrected chi connectivity index (χ4v) is 4.02. The molecule has 0 amide bonds. The summed E-state index contributed by atoms with van der Waals surface area (Å²) in [6.07, 6.45) is 0. The van der Waals surface area contributed by atoms with Gasteiger partial charge in [0.1, 0.15) is 5.82 Å². The molecule has 0 aromatic heterocycles. The monoisotopic (exact) mass is 419 g/mol. The normalized spacial score (nSPS) is 15.5. The van der Waals surface area contributed by atoms with E-state index in [0.29, 0.717) is 25.3 Å². The smallest absolute Gasteiger partial charge is 0.240 e. The van der Waals surface area contributed by atoms with Crippen LogP contribution in [0.25, 0.3) is 0 Å². The summed E-state index contributed by atoms with van der Waals surface area (Å²) in [5.74, 6) is 0.567. The zero-order chi connectivity index (χ0) is 20.9. The number of piperazine rings is 1. The number of halogens is 1. The van der Waals surface area contributed by atoms with Crippen LogP contribution in [0.15, 0.2) is 58.4 Å². The second-order valence-corrected chi connectivity index (χ2v) is 8.56. The van der Waals surface area contributed by atoms with Gasteiger partial charge in [-0.3, -0.25) is 4.99 Å². The topological polar surface area (TPSA) is 77.0 Å². The summed E-state index contributed by atoms with van der Waals surface area (Å²) in [7, 11) is -0.313. The molecule has 0 bridgehead atoms. The van der Waals surface area contributed by atoms with Crippen molar-refractivity contribution in [1.82, 2.24) is 14.9 Å². The number of para-hydroxylation sites is 1. The van der Waals surface area contributed by atoms with Gasteiger partial charge in [-0.15, -0.1) is 0 Å². The molecule has 9 heteroatoms. The van der Waals surface area contributed by atoms with E-state index >= 15 is 0 Å². The molecule has 1 aliphatic heterocycles. The summed E-state index contributed by atoms with van der Waals surface area (Å²) in [5.41, 5.74) is 1.58. The summed E-state index contributed by atoms with van der Waals surface area (Å²) in [4.78, 5) is 8.76. The maximum absolute atomic E-state index is 14.0. The van der Waals surface area contributed by atoms with Gasteiger partial charge < -0.3 is 15.1 Å². The summed E-state index contributed by atoms with van der Waals surface area (Å²) >= 11 is 0. The Labute approximate surface area is 171 Å². The van der Waals surface area contributed by atoms with Crippen molar-refractivity contribution in [3.05, 3.63) is 59.9 Å². The number of anilines is 1. The third kappa shape index (κ3) is 5.04. The molecule has 29 heavy (non-hydrogen) atoms. The van der Waals surface area contributed by atoms with E-state index in [4.69, 9.17) is 0 Å². The number of sulfonamides is 1. The number of hydrogen-bond acceptors (Lipinski definition) is 4. The van der Waals surface area contributed by atoms with Gasteiger partial charge in [0.25, 0.3) is 0 Å². The van der Waals surface area contributed by atoms with Crippen LogP contribution in [0.4, 0.5) is 10.1 Å². The molecule has 1 saturated heterocycles. The minimum atomic E-state index is -3.43. The van der Waals surface area contributed by atoms with Crippen molar-refractivity contribution < 1.29 is 12.8 Å². The van der Waals surface area contributed by atoms with Crippen LogP contribution >= 0.6 is 0 Å². The van der Waals surface area contributed by atoms with Gasteiger partial charge in [0.15, 0.2) is 5.96 Å². The molecule has 2 aromatic carbocycles. The Morgan fingerprint density at radius 2 is 1.72 bits per heavy atom. The number of guanidine groups is 1. The third-order valence-electron chi connectivity index (χ3n) is 4.94.